The predicted molar refractivity (Wildman–Crippen MR) is 54.4 cm³/mol. The Morgan fingerprint density at radius 2 is 2.08 bits per heavy atom. The Morgan fingerprint density at radius 3 is 2.54 bits per heavy atom. The molecule has 0 unspecified atom stereocenters. The molecule has 70 valence electrons. The first-order chi connectivity index (χ1) is 5.97. The summed E-state index contributed by atoms with van der Waals surface area (Å²) < 4.78 is 22.7. The van der Waals surface area contributed by atoms with Gasteiger partial charge >= 0.3 is 0 Å². The molecule has 0 amide bonds. The first-order valence-electron chi connectivity index (χ1n) is 3.39. The van der Waals surface area contributed by atoms with Gasteiger partial charge in [0.15, 0.2) is 0 Å². The molecule has 0 radical (unpaired) electrons. The van der Waals surface area contributed by atoms with E-state index in [2.05, 4.69) is 15.9 Å². The zero-order valence-electron chi connectivity index (χ0n) is 6.78. The SMILES string of the molecule is Bc1ccc(S(=O)(=O)NO)c(Br)c1. The molecular formula is C6H7BBrNO3S. The summed E-state index contributed by atoms with van der Waals surface area (Å²) in [5, 5.41) is 8.38. The van der Waals surface area contributed by atoms with Crippen molar-refractivity contribution in [2.75, 3.05) is 0 Å². The van der Waals surface area contributed by atoms with Crippen molar-refractivity contribution in [3.8, 4) is 0 Å². The maximum absolute atomic E-state index is 11.1. The Labute approximate surface area is 85.5 Å². The van der Waals surface area contributed by atoms with E-state index in [1.54, 1.807) is 12.1 Å². The van der Waals surface area contributed by atoms with Crippen LogP contribution >= 0.6 is 15.9 Å². The second kappa shape index (κ2) is 3.79. The van der Waals surface area contributed by atoms with Gasteiger partial charge in [0.2, 0.25) is 0 Å². The van der Waals surface area contributed by atoms with Crippen molar-refractivity contribution in [3.63, 3.8) is 0 Å². The first kappa shape index (κ1) is 10.7. The molecule has 0 saturated carbocycles. The normalized spacial score (nSPS) is 11.5. The van der Waals surface area contributed by atoms with E-state index >= 15 is 0 Å². The lowest BCUT2D eigenvalue weighted by atomic mass is 9.97. The summed E-state index contributed by atoms with van der Waals surface area (Å²) in [6.45, 7) is 0. The average molecular weight is 264 g/mol. The molecule has 0 heterocycles. The molecule has 1 aromatic carbocycles. The molecule has 7 heteroatoms. The van der Waals surface area contributed by atoms with Crippen molar-refractivity contribution in [1.82, 2.24) is 4.89 Å². The second-order valence-electron chi connectivity index (χ2n) is 2.53. The Hall–Kier alpha value is -0.365. The van der Waals surface area contributed by atoms with Crippen molar-refractivity contribution in [2.24, 2.45) is 0 Å². The van der Waals surface area contributed by atoms with Crippen molar-refractivity contribution in [3.05, 3.63) is 22.7 Å². The van der Waals surface area contributed by atoms with Crippen molar-refractivity contribution >= 4 is 39.3 Å². The van der Waals surface area contributed by atoms with E-state index < -0.39 is 10.0 Å². The van der Waals surface area contributed by atoms with E-state index in [9.17, 15) is 8.42 Å². The van der Waals surface area contributed by atoms with Crippen LogP contribution in [0, 0.1) is 0 Å². The van der Waals surface area contributed by atoms with Crippen molar-refractivity contribution in [1.29, 1.82) is 0 Å². The van der Waals surface area contributed by atoms with Gasteiger partial charge < -0.3 is 5.21 Å². The summed E-state index contributed by atoms with van der Waals surface area (Å²) in [6.07, 6.45) is 0. The molecule has 1 rings (SSSR count). The first-order valence-corrected chi connectivity index (χ1v) is 5.67. The van der Waals surface area contributed by atoms with Crippen LogP contribution in [0.3, 0.4) is 0 Å². The maximum Gasteiger partial charge on any atom is 0.263 e. The number of hydrogen-bond donors (Lipinski definition) is 2. The van der Waals surface area contributed by atoms with Gasteiger partial charge in [-0.25, -0.2) is 8.42 Å². The number of rotatable bonds is 2. The van der Waals surface area contributed by atoms with Gasteiger partial charge in [-0.1, -0.05) is 22.5 Å². The molecule has 0 atom stereocenters. The van der Waals surface area contributed by atoms with Gasteiger partial charge in [-0.15, -0.1) is 0 Å². The Kier molecular flexibility index (Phi) is 3.12. The molecular weight excluding hydrogens is 257 g/mol. The lowest BCUT2D eigenvalue weighted by Crippen LogP contribution is -2.20. The summed E-state index contributed by atoms with van der Waals surface area (Å²) in [5.74, 6) is 0. The minimum atomic E-state index is -3.79. The molecule has 0 aliphatic heterocycles. The summed E-state index contributed by atoms with van der Waals surface area (Å²) in [5.41, 5.74) is 0.934. The van der Waals surface area contributed by atoms with Crippen LogP contribution in [0.25, 0.3) is 0 Å². The molecule has 0 bridgehead atoms. The topological polar surface area (TPSA) is 66.4 Å². The standard InChI is InChI=1S/C6H7BBrNO3S/c7-4-1-2-6(5(8)3-4)13(11,12)9-10/h1-3,9-10H,7H2. The highest BCUT2D eigenvalue weighted by molar-refractivity contribution is 9.10. The molecule has 0 spiro atoms. The molecule has 4 nitrogen and oxygen atoms in total. The molecule has 0 aliphatic rings. The van der Waals surface area contributed by atoms with Crippen LogP contribution in [0.1, 0.15) is 0 Å². The fraction of sp³-hybridized carbons (Fsp3) is 0. The molecule has 2 N–H and O–H groups in total. The van der Waals surface area contributed by atoms with E-state index in [0.29, 0.717) is 4.47 Å². The maximum atomic E-state index is 11.1. The highest BCUT2D eigenvalue weighted by Crippen LogP contribution is 2.19. The lowest BCUT2D eigenvalue weighted by Gasteiger charge is -2.04. The number of hydrogen-bond acceptors (Lipinski definition) is 3. The minimum Gasteiger partial charge on any atom is -0.302 e. The van der Waals surface area contributed by atoms with Crippen LogP contribution in [0.15, 0.2) is 27.6 Å². The van der Waals surface area contributed by atoms with Gasteiger partial charge in [0.05, 0.1) is 4.90 Å². The fourth-order valence-electron chi connectivity index (χ4n) is 0.873. The molecule has 1 aromatic rings. The quantitative estimate of drug-likeness (QED) is 0.552. The van der Waals surface area contributed by atoms with Gasteiger partial charge in [0.25, 0.3) is 10.0 Å². The van der Waals surface area contributed by atoms with Gasteiger partial charge in [-0.2, -0.15) is 0 Å². The zero-order chi connectivity index (χ0) is 10.1. The van der Waals surface area contributed by atoms with Gasteiger partial charge in [0, 0.05) is 4.47 Å². The number of nitrogens with one attached hydrogen (secondary N) is 1. The Bertz CT molecular complexity index is 420. The summed E-state index contributed by atoms with van der Waals surface area (Å²) in [6, 6.07) is 4.72. The van der Waals surface area contributed by atoms with Crippen LogP contribution in [0.5, 0.6) is 0 Å². The summed E-state index contributed by atoms with van der Waals surface area (Å²) in [7, 11) is -1.95. The molecule has 0 aromatic heterocycles. The van der Waals surface area contributed by atoms with Crippen molar-refractivity contribution < 1.29 is 13.6 Å². The zero-order valence-corrected chi connectivity index (χ0v) is 9.18. The molecule has 0 fully saturated rings. The largest absolute Gasteiger partial charge is 0.302 e. The van der Waals surface area contributed by atoms with E-state index in [1.807, 2.05) is 7.85 Å². The van der Waals surface area contributed by atoms with Crippen molar-refractivity contribution in [2.45, 2.75) is 4.90 Å². The predicted octanol–water partition coefficient (Wildman–Crippen LogP) is -0.625. The number of halogens is 1. The van der Waals surface area contributed by atoms with E-state index in [-0.39, 0.29) is 4.90 Å². The van der Waals surface area contributed by atoms with E-state index in [1.165, 1.54) is 11.0 Å². The molecule has 0 saturated heterocycles. The van der Waals surface area contributed by atoms with Crippen LogP contribution in [-0.2, 0) is 10.0 Å². The van der Waals surface area contributed by atoms with Gasteiger partial charge in [-0.3, -0.25) is 0 Å². The smallest absolute Gasteiger partial charge is 0.263 e. The Balaban J connectivity index is 3.33. The third kappa shape index (κ3) is 2.31. The second-order valence-corrected chi connectivity index (χ2v) is 5.01. The lowest BCUT2D eigenvalue weighted by molar-refractivity contribution is 0.242. The van der Waals surface area contributed by atoms with E-state index in [4.69, 9.17) is 5.21 Å². The van der Waals surface area contributed by atoms with Crippen LogP contribution in [-0.4, -0.2) is 21.5 Å². The van der Waals surface area contributed by atoms with Crippen LogP contribution in [0.2, 0.25) is 0 Å². The summed E-state index contributed by atoms with van der Waals surface area (Å²) in [4.78, 5) is 1.27. The van der Waals surface area contributed by atoms with Crippen LogP contribution in [0.4, 0.5) is 0 Å². The highest BCUT2D eigenvalue weighted by atomic mass is 79.9. The van der Waals surface area contributed by atoms with Crippen LogP contribution < -0.4 is 10.3 Å². The summed E-state index contributed by atoms with van der Waals surface area (Å²) >= 11 is 3.09. The monoisotopic (exact) mass is 263 g/mol. The minimum absolute atomic E-state index is 0.0144. The Morgan fingerprint density at radius 1 is 1.46 bits per heavy atom. The third-order valence-corrected chi connectivity index (χ3v) is 3.59. The fourth-order valence-corrected chi connectivity index (χ4v) is 2.67. The van der Waals surface area contributed by atoms with Gasteiger partial charge in [-0.05, 0) is 22.0 Å². The highest BCUT2D eigenvalue weighted by Gasteiger charge is 2.15. The number of sulfonamides is 1. The average Bonchev–Trinajstić information content (AvgIpc) is 2.03. The third-order valence-electron chi connectivity index (χ3n) is 1.50. The van der Waals surface area contributed by atoms with Gasteiger partial charge in [0.1, 0.15) is 7.85 Å². The van der Waals surface area contributed by atoms with E-state index in [0.717, 1.165) is 5.46 Å². The molecule has 13 heavy (non-hydrogen) atoms. The molecule has 0 aliphatic carbocycles. The number of benzene rings is 1.